The van der Waals surface area contributed by atoms with Crippen molar-refractivity contribution >= 4 is 5.97 Å². The molecule has 1 unspecified atom stereocenters. The Bertz CT molecular complexity index is 689. The summed E-state index contributed by atoms with van der Waals surface area (Å²) < 4.78 is 5.38. The molecule has 0 spiro atoms. The van der Waals surface area contributed by atoms with E-state index < -0.39 is 0 Å². The van der Waals surface area contributed by atoms with E-state index in [0.717, 1.165) is 31.2 Å². The third-order valence-electron chi connectivity index (χ3n) is 5.21. The SMILES string of the molecule is CC(CCCC(C)(C)c1ccc(O)cc1)CCOC(=O)Cc1ccccc1. The lowest BCUT2D eigenvalue weighted by atomic mass is 9.79. The molecule has 0 saturated carbocycles. The van der Waals surface area contributed by atoms with E-state index in [1.165, 1.54) is 5.56 Å². The number of esters is 1. The van der Waals surface area contributed by atoms with E-state index in [1.807, 2.05) is 42.5 Å². The summed E-state index contributed by atoms with van der Waals surface area (Å²) in [5.74, 6) is 0.692. The number of carbonyl (C=O) groups is 1. The second kappa shape index (κ2) is 10.1. The predicted molar refractivity (Wildman–Crippen MR) is 110 cm³/mol. The van der Waals surface area contributed by atoms with Crippen LogP contribution in [-0.4, -0.2) is 17.7 Å². The van der Waals surface area contributed by atoms with E-state index in [-0.39, 0.29) is 11.4 Å². The maximum Gasteiger partial charge on any atom is 0.310 e. The predicted octanol–water partition coefficient (Wildman–Crippen LogP) is 5.65. The number of ether oxygens (including phenoxy) is 1. The Morgan fingerprint density at radius 2 is 1.70 bits per heavy atom. The molecule has 2 rings (SSSR count). The minimum Gasteiger partial charge on any atom is -0.508 e. The molecule has 3 nitrogen and oxygen atoms in total. The molecule has 0 aliphatic rings. The number of phenolic OH excluding ortho intramolecular Hbond substituents is 1. The van der Waals surface area contributed by atoms with Crippen LogP contribution in [0.5, 0.6) is 5.75 Å². The van der Waals surface area contributed by atoms with Gasteiger partial charge in [-0.1, -0.05) is 76.1 Å². The monoisotopic (exact) mass is 368 g/mol. The fraction of sp³-hybridized carbons (Fsp3) is 0.458. The van der Waals surface area contributed by atoms with Gasteiger partial charge in [0, 0.05) is 0 Å². The lowest BCUT2D eigenvalue weighted by molar-refractivity contribution is -0.143. The van der Waals surface area contributed by atoms with Gasteiger partial charge < -0.3 is 9.84 Å². The molecule has 0 saturated heterocycles. The van der Waals surface area contributed by atoms with Crippen molar-refractivity contribution in [2.45, 2.75) is 58.3 Å². The largest absolute Gasteiger partial charge is 0.508 e. The van der Waals surface area contributed by atoms with Gasteiger partial charge in [0.1, 0.15) is 5.75 Å². The van der Waals surface area contributed by atoms with Crippen LogP contribution in [0.3, 0.4) is 0 Å². The van der Waals surface area contributed by atoms with Gasteiger partial charge in [0.25, 0.3) is 0 Å². The van der Waals surface area contributed by atoms with Gasteiger partial charge in [-0.05, 0) is 47.4 Å². The van der Waals surface area contributed by atoms with Gasteiger partial charge >= 0.3 is 5.97 Å². The highest BCUT2D eigenvalue weighted by atomic mass is 16.5. The van der Waals surface area contributed by atoms with Crippen molar-refractivity contribution in [2.24, 2.45) is 5.92 Å². The first kappa shape index (κ1) is 21.0. The third-order valence-corrected chi connectivity index (χ3v) is 5.21. The molecule has 0 aromatic heterocycles. The first-order chi connectivity index (χ1) is 12.9. The molecule has 0 aliphatic heterocycles. The fourth-order valence-electron chi connectivity index (χ4n) is 3.28. The molecule has 1 N–H and O–H groups in total. The average Bonchev–Trinajstić information content (AvgIpc) is 2.62. The summed E-state index contributed by atoms with van der Waals surface area (Å²) in [6.45, 7) is 7.21. The first-order valence-electron chi connectivity index (χ1n) is 9.86. The number of hydrogen-bond acceptors (Lipinski definition) is 3. The van der Waals surface area contributed by atoms with Crippen molar-refractivity contribution < 1.29 is 14.6 Å². The number of rotatable bonds is 10. The maximum absolute atomic E-state index is 11.9. The highest BCUT2D eigenvalue weighted by Gasteiger charge is 2.20. The summed E-state index contributed by atoms with van der Waals surface area (Å²) in [5, 5.41) is 9.44. The zero-order valence-electron chi connectivity index (χ0n) is 16.8. The van der Waals surface area contributed by atoms with Crippen molar-refractivity contribution in [1.82, 2.24) is 0 Å². The highest BCUT2D eigenvalue weighted by molar-refractivity contribution is 5.72. The van der Waals surface area contributed by atoms with Crippen molar-refractivity contribution in [1.29, 1.82) is 0 Å². The van der Waals surface area contributed by atoms with Crippen LogP contribution in [-0.2, 0) is 21.4 Å². The van der Waals surface area contributed by atoms with Crippen molar-refractivity contribution in [2.75, 3.05) is 6.61 Å². The molecule has 0 radical (unpaired) electrons. The summed E-state index contributed by atoms with van der Waals surface area (Å²) in [7, 11) is 0. The summed E-state index contributed by atoms with van der Waals surface area (Å²) in [5.41, 5.74) is 2.34. The number of carbonyl (C=O) groups excluding carboxylic acids is 1. The zero-order valence-corrected chi connectivity index (χ0v) is 16.8. The van der Waals surface area contributed by atoms with Gasteiger partial charge in [-0.15, -0.1) is 0 Å². The highest BCUT2D eigenvalue weighted by Crippen LogP contribution is 2.31. The van der Waals surface area contributed by atoms with Gasteiger partial charge in [0.05, 0.1) is 13.0 Å². The molecular weight excluding hydrogens is 336 g/mol. The minimum absolute atomic E-state index is 0.0928. The van der Waals surface area contributed by atoms with Gasteiger partial charge in [-0.2, -0.15) is 0 Å². The smallest absolute Gasteiger partial charge is 0.310 e. The molecular formula is C24H32O3. The maximum atomic E-state index is 11.9. The second-order valence-corrected chi connectivity index (χ2v) is 8.10. The van der Waals surface area contributed by atoms with Gasteiger partial charge in [-0.3, -0.25) is 4.79 Å². The number of aromatic hydroxyl groups is 1. The Morgan fingerprint density at radius 3 is 2.37 bits per heavy atom. The molecule has 0 amide bonds. The Balaban J connectivity index is 1.63. The van der Waals surface area contributed by atoms with Crippen LogP contribution < -0.4 is 0 Å². The van der Waals surface area contributed by atoms with E-state index in [2.05, 4.69) is 20.8 Å². The van der Waals surface area contributed by atoms with E-state index in [4.69, 9.17) is 4.74 Å². The molecule has 0 bridgehead atoms. The van der Waals surface area contributed by atoms with Crippen LogP contribution >= 0.6 is 0 Å². The summed E-state index contributed by atoms with van der Waals surface area (Å²) in [6.07, 6.45) is 4.59. The Morgan fingerprint density at radius 1 is 1.04 bits per heavy atom. The third kappa shape index (κ3) is 7.46. The molecule has 1 atom stereocenters. The molecule has 0 fully saturated rings. The van der Waals surface area contributed by atoms with Gasteiger partial charge in [0.2, 0.25) is 0 Å². The molecule has 0 aliphatic carbocycles. The van der Waals surface area contributed by atoms with Crippen molar-refractivity contribution in [3.63, 3.8) is 0 Å². The fourth-order valence-corrected chi connectivity index (χ4v) is 3.28. The molecule has 0 heterocycles. The quantitative estimate of drug-likeness (QED) is 0.551. The second-order valence-electron chi connectivity index (χ2n) is 8.10. The van der Waals surface area contributed by atoms with Gasteiger partial charge in [0.15, 0.2) is 0 Å². The molecule has 2 aromatic rings. The number of hydrogen-bond donors (Lipinski definition) is 1. The zero-order chi connectivity index (χ0) is 19.7. The number of benzene rings is 2. The van der Waals surface area contributed by atoms with Crippen LogP contribution in [0.15, 0.2) is 54.6 Å². The Kier molecular flexibility index (Phi) is 7.90. The van der Waals surface area contributed by atoms with E-state index in [9.17, 15) is 9.90 Å². The van der Waals surface area contributed by atoms with Crippen LogP contribution in [0, 0.1) is 5.92 Å². The van der Waals surface area contributed by atoms with Gasteiger partial charge in [-0.25, -0.2) is 0 Å². The Hall–Kier alpha value is -2.29. The Labute approximate surface area is 163 Å². The van der Waals surface area contributed by atoms with Crippen LogP contribution in [0.2, 0.25) is 0 Å². The summed E-state index contributed by atoms with van der Waals surface area (Å²) in [4.78, 5) is 11.9. The lowest BCUT2D eigenvalue weighted by Gasteiger charge is -2.26. The van der Waals surface area contributed by atoms with Crippen molar-refractivity contribution in [3.8, 4) is 5.75 Å². The average molecular weight is 369 g/mol. The normalized spacial score (nSPS) is 12.6. The standard InChI is InChI=1S/C24H32O3/c1-19(15-17-27-23(26)18-20-9-5-4-6-10-20)8-7-16-24(2,3)21-11-13-22(25)14-12-21/h4-6,9-14,19,25H,7-8,15-18H2,1-3H3. The van der Waals surface area contributed by atoms with Crippen LogP contribution in [0.4, 0.5) is 0 Å². The summed E-state index contributed by atoms with van der Waals surface area (Å²) in [6, 6.07) is 17.2. The topological polar surface area (TPSA) is 46.5 Å². The van der Waals surface area contributed by atoms with E-state index in [1.54, 1.807) is 12.1 Å². The first-order valence-corrected chi connectivity index (χ1v) is 9.86. The molecule has 27 heavy (non-hydrogen) atoms. The number of phenols is 1. The van der Waals surface area contributed by atoms with Crippen molar-refractivity contribution in [3.05, 3.63) is 65.7 Å². The molecule has 146 valence electrons. The van der Waals surface area contributed by atoms with Crippen LogP contribution in [0.25, 0.3) is 0 Å². The lowest BCUT2D eigenvalue weighted by Crippen LogP contribution is -2.17. The van der Waals surface area contributed by atoms with Crippen LogP contribution in [0.1, 0.15) is 57.6 Å². The minimum atomic E-state index is -0.151. The van der Waals surface area contributed by atoms with E-state index >= 15 is 0 Å². The molecule has 3 heteroatoms. The van der Waals surface area contributed by atoms with E-state index in [0.29, 0.717) is 24.7 Å². The summed E-state index contributed by atoms with van der Waals surface area (Å²) >= 11 is 0. The molecule has 2 aromatic carbocycles.